The maximum absolute atomic E-state index is 14.0. The molecule has 7 atom stereocenters. The molecule has 3 heterocycles. The van der Waals surface area contributed by atoms with E-state index >= 15 is 0 Å². The molecular formula is C28H45N5O4S. The molecule has 5 unspecified atom stereocenters. The van der Waals surface area contributed by atoms with Gasteiger partial charge in [-0.3, -0.25) is 15.4 Å². The van der Waals surface area contributed by atoms with Crippen LogP contribution < -0.4 is 20.7 Å². The van der Waals surface area contributed by atoms with Crippen LogP contribution in [0.4, 0.5) is 0 Å². The van der Waals surface area contributed by atoms with E-state index in [0.29, 0.717) is 38.3 Å². The first-order valence-corrected chi connectivity index (χ1v) is 15.9. The zero-order valence-corrected chi connectivity index (χ0v) is 24.0. The molecule has 0 spiro atoms. The van der Waals surface area contributed by atoms with Crippen LogP contribution in [0.5, 0.6) is 0 Å². The van der Waals surface area contributed by atoms with Crippen LogP contribution in [-0.2, 0) is 19.6 Å². The number of nitrogens with one attached hydrogen (secondary N) is 4. The monoisotopic (exact) mass is 547 g/mol. The Balaban J connectivity index is 1.50. The van der Waals surface area contributed by atoms with Crippen molar-refractivity contribution < 1.29 is 17.9 Å². The van der Waals surface area contributed by atoms with Gasteiger partial charge in [-0.05, 0) is 62.1 Å². The summed E-state index contributed by atoms with van der Waals surface area (Å²) in [5.74, 6) is 0.266. The standard InChI is InChI=1S/C28H45N5O4S/c1-17(2)11-21-14-29-15-22-16-33(21)27(34)20-9-6-10-23(12-20)38(35,36)32-28-30-24(13-25(31-28)37-22)26-18(3)7-5-8-19(26)4/h5,7-8,17,20-25,28-32H,6,9-16H2,1-4H3/t20?,21-,22-,23?,24?,25?,28?/m0/s1. The van der Waals surface area contributed by atoms with Gasteiger partial charge in [-0.2, -0.15) is 4.72 Å². The fourth-order valence-corrected chi connectivity index (χ4v) is 8.59. The molecule has 4 fully saturated rings. The van der Waals surface area contributed by atoms with E-state index in [-0.39, 0.29) is 36.2 Å². The largest absolute Gasteiger partial charge is 0.357 e. The Morgan fingerprint density at radius 2 is 1.84 bits per heavy atom. The Morgan fingerprint density at radius 3 is 2.58 bits per heavy atom. The highest BCUT2D eigenvalue weighted by Crippen LogP contribution is 2.33. The van der Waals surface area contributed by atoms with E-state index < -0.39 is 21.6 Å². The minimum atomic E-state index is -3.67. The highest BCUT2D eigenvalue weighted by atomic mass is 32.2. The second-order valence-corrected chi connectivity index (χ2v) is 14.2. The zero-order valence-electron chi connectivity index (χ0n) is 23.2. The van der Waals surface area contributed by atoms with Crippen LogP contribution in [0.25, 0.3) is 0 Å². The van der Waals surface area contributed by atoms with E-state index in [2.05, 4.69) is 66.6 Å². The summed E-state index contributed by atoms with van der Waals surface area (Å²) in [7, 11) is -3.67. The van der Waals surface area contributed by atoms with Crippen LogP contribution in [0.2, 0.25) is 0 Å². The second kappa shape index (κ2) is 11.5. The summed E-state index contributed by atoms with van der Waals surface area (Å²) in [5, 5.41) is 9.87. The van der Waals surface area contributed by atoms with Gasteiger partial charge in [0.25, 0.3) is 0 Å². The van der Waals surface area contributed by atoms with Gasteiger partial charge < -0.3 is 15.0 Å². The maximum Gasteiger partial charge on any atom is 0.226 e. The van der Waals surface area contributed by atoms with Gasteiger partial charge in [-0.1, -0.05) is 38.5 Å². The van der Waals surface area contributed by atoms with Crippen molar-refractivity contribution in [3.8, 4) is 0 Å². The van der Waals surface area contributed by atoms with E-state index in [1.165, 1.54) is 16.7 Å². The molecule has 1 saturated carbocycles. The summed E-state index contributed by atoms with van der Waals surface area (Å²) in [6.45, 7) is 10.5. The third-order valence-corrected chi connectivity index (χ3v) is 10.6. The van der Waals surface area contributed by atoms with Gasteiger partial charge in [-0.15, -0.1) is 0 Å². The number of carbonyl (C=O) groups excluding carboxylic acids is 1. The first kappa shape index (κ1) is 28.0. The van der Waals surface area contributed by atoms with Crippen molar-refractivity contribution in [2.24, 2.45) is 11.8 Å². The van der Waals surface area contributed by atoms with Crippen LogP contribution in [-0.4, -0.2) is 68.8 Å². The van der Waals surface area contributed by atoms with Crippen molar-refractivity contribution in [1.82, 2.24) is 25.6 Å². The normalized spacial score (nSPS) is 36.1. The Morgan fingerprint density at radius 1 is 1.08 bits per heavy atom. The number of amides is 1. The molecule has 3 saturated heterocycles. The molecule has 0 radical (unpaired) electrons. The van der Waals surface area contributed by atoms with E-state index in [0.717, 1.165) is 25.8 Å². The molecular weight excluding hydrogens is 502 g/mol. The first-order valence-electron chi connectivity index (χ1n) is 14.4. The first-order chi connectivity index (χ1) is 18.1. The highest BCUT2D eigenvalue weighted by molar-refractivity contribution is 7.90. The number of rotatable bonds is 3. The average Bonchev–Trinajstić information content (AvgIpc) is 3.04. The number of aryl methyl sites for hydroxylation is 2. The van der Waals surface area contributed by atoms with Crippen molar-refractivity contribution >= 4 is 15.9 Å². The smallest absolute Gasteiger partial charge is 0.226 e. The van der Waals surface area contributed by atoms with Gasteiger partial charge in [0.2, 0.25) is 15.9 Å². The Kier molecular flexibility index (Phi) is 8.47. The third-order valence-electron chi connectivity index (χ3n) is 8.73. The zero-order chi connectivity index (χ0) is 27.0. The number of hydrogen-bond donors (Lipinski definition) is 4. The van der Waals surface area contributed by atoms with Crippen molar-refractivity contribution in [3.63, 3.8) is 0 Å². The highest BCUT2D eigenvalue weighted by Gasteiger charge is 2.42. The number of nitrogens with zero attached hydrogens (tertiary/aromatic N) is 1. The summed E-state index contributed by atoms with van der Waals surface area (Å²) in [6, 6.07) is 6.24. The van der Waals surface area contributed by atoms with E-state index in [9.17, 15) is 13.2 Å². The van der Waals surface area contributed by atoms with Crippen molar-refractivity contribution in [1.29, 1.82) is 0 Å². The predicted octanol–water partition coefficient (Wildman–Crippen LogP) is 2.26. The lowest BCUT2D eigenvalue weighted by Crippen LogP contribution is -2.64. The molecule has 0 aromatic heterocycles. The molecule has 1 aliphatic carbocycles. The lowest BCUT2D eigenvalue weighted by atomic mass is 9.87. The molecule has 4 N–H and O–H groups in total. The molecule has 4 aliphatic rings. The van der Waals surface area contributed by atoms with Gasteiger partial charge in [0.15, 0.2) is 0 Å². The topological polar surface area (TPSA) is 112 Å². The number of ether oxygens (including phenoxy) is 1. The molecule has 1 aromatic carbocycles. The number of benzene rings is 1. The Labute approximate surface area is 227 Å². The molecule has 38 heavy (non-hydrogen) atoms. The van der Waals surface area contributed by atoms with E-state index in [1.54, 1.807) is 0 Å². The quantitative estimate of drug-likeness (QED) is 0.459. The Bertz CT molecular complexity index is 1090. The minimum Gasteiger partial charge on any atom is -0.357 e. The summed E-state index contributed by atoms with van der Waals surface area (Å²) >= 11 is 0. The van der Waals surface area contributed by atoms with Crippen molar-refractivity contribution in [3.05, 3.63) is 34.9 Å². The van der Waals surface area contributed by atoms with E-state index in [4.69, 9.17) is 4.74 Å². The van der Waals surface area contributed by atoms with Crippen LogP contribution in [0.3, 0.4) is 0 Å². The van der Waals surface area contributed by atoms with Crippen LogP contribution in [0, 0.1) is 25.7 Å². The van der Waals surface area contributed by atoms with Gasteiger partial charge >= 0.3 is 0 Å². The van der Waals surface area contributed by atoms with Crippen molar-refractivity contribution in [2.75, 3.05) is 19.6 Å². The number of sulfonamides is 1. The fourth-order valence-electron chi connectivity index (χ4n) is 6.97. The van der Waals surface area contributed by atoms with E-state index in [1.807, 2.05) is 4.90 Å². The van der Waals surface area contributed by atoms with Gasteiger partial charge in [0.05, 0.1) is 11.4 Å². The van der Waals surface area contributed by atoms with Crippen LogP contribution in [0.15, 0.2) is 18.2 Å². The van der Waals surface area contributed by atoms with Crippen LogP contribution >= 0.6 is 0 Å². The molecule has 10 heteroatoms. The SMILES string of the molecule is Cc1cccc(C)c1C1CC2NC(N1)NS(=O)(=O)C1CCCC(C1)C(=O)N1C[C@H](CNC[C@@H]1CC(C)C)O2. The number of carbonyl (C=O) groups is 1. The second-order valence-electron chi connectivity index (χ2n) is 12.2. The summed E-state index contributed by atoms with van der Waals surface area (Å²) in [6.07, 6.45) is 2.75. The summed E-state index contributed by atoms with van der Waals surface area (Å²) < 4.78 is 36.8. The van der Waals surface area contributed by atoms with Gasteiger partial charge in [0, 0.05) is 44.1 Å². The Hall–Kier alpha value is -1.56. The average molecular weight is 548 g/mol. The summed E-state index contributed by atoms with van der Waals surface area (Å²) in [5.41, 5.74) is 3.52. The molecule has 212 valence electrons. The molecule has 1 amide bonds. The van der Waals surface area contributed by atoms with Crippen molar-refractivity contribution in [2.45, 2.75) is 102 Å². The lowest BCUT2D eigenvalue weighted by Gasteiger charge is -2.40. The minimum absolute atomic E-state index is 0.0763. The number of fused-ring (bicyclic) bond motifs is 6. The maximum atomic E-state index is 14.0. The van der Waals surface area contributed by atoms with Crippen LogP contribution in [0.1, 0.15) is 75.1 Å². The fraction of sp³-hybridized carbons (Fsp3) is 0.750. The van der Waals surface area contributed by atoms with Gasteiger partial charge in [-0.25, -0.2) is 8.42 Å². The predicted molar refractivity (Wildman–Crippen MR) is 148 cm³/mol. The molecule has 5 rings (SSSR count). The summed E-state index contributed by atoms with van der Waals surface area (Å²) in [4.78, 5) is 16.0. The molecule has 3 aliphatic heterocycles. The third kappa shape index (κ3) is 6.10. The number of hydrogen-bond acceptors (Lipinski definition) is 7. The molecule has 1 aromatic rings. The molecule has 6 bridgehead atoms. The van der Waals surface area contributed by atoms with Gasteiger partial charge in [0.1, 0.15) is 12.5 Å². The molecule has 9 nitrogen and oxygen atoms in total. The lowest BCUT2D eigenvalue weighted by molar-refractivity contribution is -0.142.